The van der Waals surface area contributed by atoms with Crippen LogP contribution in [0.25, 0.3) is 11.4 Å². The van der Waals surface area contributed by atoms with Crippen molar-refractivity contribution in [3.05, 3.63) is 73.5 Å². The molecule has 0 saturated heterocycles. The van der Waals surface area contributed by atoms with Crippen molar-refractivity contribution in [2.45, 2.75) is 6.92 Å². The number of benzene rings is 2. The van der Waals surface area contributed by atoms with Gasteiger partial charge in [0.2, 0.25) is 4.77 Å². The Morgan fingerprint density at radius 3 is 2.84 bits per heavy atom. The zero-order chi connectivity index (χ0) is 18.0. The number of aromatic amines is 1. The molecular formula is C16H12ClN5O2S. The van der Waals surface area contributed by atoms with Crippen LogP contribution in [-0.4, -0.2) is 26.0 Å². The molecule has 0 spiro atoms. The van der Waals surface area contributed by atoms with Crippen molar-refractivity contribution < 1.29 is 4.92 Å². The summed E-state index contributed by atoms with van der Waals surface area (Å²) >= 11 is 11.3. The number of rotatable bonds is 4. The molecule has 3 rings (SSSR count). The fourth-order valence-corrected chi connectivity index (χ4v) is 2.61. The SMILES string of the molecule is Cc1ccccc1-c1n[nH]c(=S)n1/N=C/c1cc([N+](=O)[O-])ccc1Cl. The average molecular weight is 374 g/mol. The molecule has 0 amide bonds. The molecule has 2 aromatic carbocycles. The molecule has 0 aliphatic heterocycles. The lowest BCUT2D eigenvalue weighted by atomic mass is 10.1. The number of hydrogen-bond donors (Lipinski definition) is 1. The van der Waals surface area contributed by atoms with E-state index in [1.165, 1.54) is 29.1 Å². The minimum Gasteiger partial charge on any atom is -0.258 e. The third-order valence-electron chi connectivity index (χ3n) is 3.54. The van der Waals surface area contributed by atoms with Crippen LogP contribution in [0.15, 0.2) is 47.6 Å². The van der Waals surface area contributed by atoms with Crippen molar-refractivity contribution in [2.75, 3.05) is 0 Å². The molecule has 0 saturated carbocycles. The van der Waals surface area contributed by atoms with Gasteiger partial charge in [-0.05, 0) is 30.8 Å². The lowest BCUT2D eigenvalue weighted by Crippen LogP contribution is -1.97. The van der Waals surface area contributed by atoms with E-state index < -0.39 is 4.92 Å². The Morgan fingerprint density at radius 2 is 2.12 bits per heavy atom. The van der Waals surface area contributed by atoms with Gasteiger partial charge < -0.3 is 0 Å². The van der Waals surface area contributed by atoms with E-state index in [2.05, 4.69) is 15.3 Å². The predicted octanol–water partition coefficient (Wildman–Crippen LogP) is 4.36. The summed E-state index contributed by atoms with van der Waals surface area (Å²) in [4.78, 5) is 10.4. The van der Waals surface area contributed by atoms with Gasteiger partial charge in [-0.25, -0.2) is 5.10 Å². The van der Waals surface area contributed by atoms with E-state index >= 15 is 0 Å². The molecule has 7 nitrogen and oxygen atoms in total. The van der Waals surface area contributed by atoms with E-state index in [0.717, 1.165) is 11.1 Å². The quantitative estimate of drug-likeness (QED) is 0.318. The predicted molar refractivity (Wildman–Crippen MR) is 98.7 cm³/mol. The molecule has 0 aliphatic carbocycles. The van der Waals surface area contributed by atoms with Crippen LogP contribution in [-0.2, 0) is 0 Å². The summed E-state index contributed by atoms with van der Waals surface area (Å²) in [5.74, 6) is 0.543. The van der Waals surface area contributed by atoms with Gasteiger partial charge in [0.25, 0.3) is 5.69 Å². The van der Waals surface area contributed by atoms with Gasteiger partial charge in [-0.1, -0.05) is 35.9 Å². The van der Waals surface area contributed by atoms with Crippen molar-refractivity contribution >= 4 is 35.7 Å². The number of halogens is 1. The van der Waals surface area contributed by atoms with Gasteiger partial charge in [0.15, 0.2) is 5.82 Å². The summed E-state index contributed by atoms with van der Waals surface area (Å²) < 4.78 is 1.75. The molecule has 1 heterocycles. The summed E-state index contributed by atoms with van der Waals surface area (Å²) in [6, 6.07) is 11.8. The van der Waals surface area contributed by atoms with Crippen molar-refractivity contribution in [1.29, 1.82) is 0 Å². The van der Waals surface area contributed by atoms with Crippen LogP contribution in [0.1, 0.15) is 11.1 Å². The summed E-state index contributed by atoms with van der Waals surface area (Å²) in [6.45, 7) is 1.96. The Labute approximate surface area is 152 Å². The zero-order valence-corrected chi connectivity index (χ0v) is 14.6. The highest BCUT2D eigenvalue weighted by atomic mass is 35.5. The Morgan fingerprint density at radius 1 is 1.36 bits per heavy atom. The van der Waals surface area contributed by atoms with Crippen LogP contribution in [0.3, 0.4) is 0 Å². The normalized spacial score (nSPS) is 11.1. The number of nitro groups is 1. The lowest BCUT2D eigenvalue weighted by Gasteiger charge is -2.04. The van der Waals surface area contributed by atoms with E-state index in [4.69, 9.17) is 23.8 Å². The monoisotopic (exact) mass is 373 g/mol. The molecular weight excluding hydrogens is 362 g/mol. The molecule has 126 valence electrons. The number of H-pyrrole nitrogens is 1. The van der Waals surface area contributed by atoms with Crippen LogP contribution in [0.4, 0.5) is 5.69 Å². The first kappa shape index (κ1) is 17.0. The minimum atomic E-state index is -0.490. The highest BCUT2D eigenvalue weighted by Gasteiger charge is 2.11. The molecule has 0 fully saturated rings. The van der Waals surface area contributed by atoms with E-state index in [9.17, 15) is 10.1 Å². The number of nitrogens with zero attached hydrogens (tertiary/aromatic N) is 4. The Hall–Kier alpha value is -2.84. The maximum atomic E-state index is 10.9. The van der Waals surface area contributed by atoms with Crippen molar-refractivity contribution in [2.24, 2.45) is 5.10 Å². The number of nitro benzene ring substituents is 1. The van der Waals surface area contributed by atoms with Crippen molar-refractivity contribution in [1.82, 2.24) is 14.9 Å². The van der Waals surface area contributed by atoms with Gasteiger partial charge >= 0.3 is 0 Å². The highest BCUT2D eigenvalue weighted by molar-refractivity contribution is 7.71. The molecule has 0 bridgehead atoms. The fourth-order valence-electron chi connectivity index (χ4n) is 2.26. The summed E-state index contributed by atoms with van der Waals surface area (Å²) in [5, 5.41) is 22.5. The molecule has 0 aliphatic rings. The maximum absolute atomic E-state index is 10.9. The molecule has 1 N–H and O–H groups in total. The Bertz CT molecular complexity index is 1040. The third-order valence-corrected chi connectivity index (χ3v) is 4.15. The van der Waals surface area contributed by atoms with Gasteiger partial charge in [-0.2, -0.15) is 14.9 Å². The smallest absolute Gasteiger partial charge is 0.258 e. The van der Waals surface area contributed by atoms with Gasteiger partial charge in [0.1, 0.15) is 0 Å². The number of aromatic nitrogens is 3. The van der Waals surface area contributed by atoms with Crippen LogP contribution < -0.4 is 0 Å². The lowest BCUT2D eigenvalue weighted by molar-refractivity contribution is -0.384. The summed E-state index contributed by atoms with van der Waals surface area (Å²) in [5.41, 5.74) is 2.23. The van der Waals surface area contributed by atoms with E-state index in [1.54, 1.807) is 0 Å². The second kappa shape index (κ2) is 6.96. The summed E-state index contributed by atoms with van der Waals surface area (Å²) in [7, 11) is 0. The molecule has 0 atom stereocenters. The Kier molecular flexibility index (Phi) is 4.73. The van der Waals surface area contributed by atoms with Gasteiger partial charge in [-0.3, -0.25) is 10.1 Å². The first-order valence-corrected chi connectivity index (χ1v) is 7.97. The van der Waals surface area contributed by atoms with Gasteiger partial charge in [0, 0.05) is 28.3 Å². The highest BCUT2D eigenvalue weighted by Crippen LogP contribution is 2.23. The first-order chi connectivity index (χ1) is 12.0. The van der Waals surface area contributed by atoms with E-state index in [1.807, 2.05) is 31.2 Å². The molecule has 3 aromatic rings. The number of hydrogen-bond acceptors (Lipinski definition) is 5. The average Bonchev–Trinajstić information content (AvgIpc) is 2.95. The van der Waals surface area contributed by atoms with Gasteiger partial charge in [0.05, 0.1) is 11.1 Å². The molecule has 1 aromatic heterocycles. The third kappa shape index (κ3) is 3.49. The molecule has 0 radical (unpaired) electrons. The van der Waals surface area contributed by atoms with E-state index in [0.29, 0.717) is 21.2 Å². The molecule has 9 heteroatoms. The fraction of sp³-hybridized carbons (Fsp3) is 0.0625. The standard InChI is InChI=1S/C16H12ClN5O2S/c1-10-4-2-3-5-13(10)15-19-20-16(25)21(15)18-9-11-8-12(22(23)24)6-7-14(11)17/h2-9H,1H3,(H,20,25)/b18-9+. The Balaban J connectivity index is 2.05. The van der Waals surface area contributed by atoms with E-state index in [-0.39, 0.29) is 5.69 Å². The minimum absolute atomic E-state index is 0.0687. The number of nitrogens with one attached hydrogen (secondary N) is 1. The van der Waals surface area contributed by atoms with Crippen LogP contribution in [0.5, 0.6) is 0 Å². The van der Waals surface area contributed by atoms with Crippen molar-refractivity contribution in [3.63, 3.8) is 0 Å². The molecule has 25 heavy (non-hydrogen) atoms. The second-order valence-corrected chi connectivity index (χ2v) is 5.98. The van der Waals surface area contributed by atoms with Crippen LogP contribution in [0.2, 0.25) is 5.02 Å². The number of non-ortho nitro benzene ring substituents is 1. The largest absolute Gasteiger partial charge is 0.270 e. The van der Waals surface area contributed by atoms with Gasteiger partial charge in [-0.15, -0.1) is 0 Å². The number of aryl methyl sites for hydroxylation is 1. The molecule has 0 unspecified atom stereocenters. The van der Waals surface area contributed by atoms with Crippen LogP contribution in [0, 0.1) is 21.8 Å². The topological polar surface area (TPSA) is 89.1 Å². The zero-order valence-electron chi connectivity index (χ0n) is 13.0. The summed E-state index contributed by atoms with van der Waals surface area (Å²) in [6.07, 6.45) is 1.42. The first-order valence-electron chi connectivity index (χ1n) is 7.19. The van der Waals surface area contributed by atoms with Crippen molar-refractivity contribution in [3.8, 4) is 11.4 Å². The second-order valence-electron chi connectivity index (χ2n) is 5.19. The maximum Gasteiger partial charge on any atom is 0.270 e. The van der Waals surface area contributed by atoms with Crippen LogP contribution >= 0.6 is 23.8 Å².